The fourth-order valence-corrected chi connectivity index (χ4v) is 4.79. The van der Waals surface area contributed by atoms with Crippen LogP contribution in [0.5, 0.6) is 0 Å². The Morgan fingerprint density at radius 3 is 2.12 bits per heavy atom. The summed E-state index contributed by atoms with van der Waals surface area (Å²) in [7, 11) is 0. The third-order valence-electron chi connectivity index (χ3n) is 5.70. The predicted octanol–water partition coefficient (Wildman–Crippen LogP) is 2.65. The van der Waals surface area contributed by atoms with Crippen LogP contribution in [0.4, 0.5) is 5.69 Å². The average molecular weight is 317 g/mol. The maximum absolute atomic E-state index is 13.1. The van der Waals surface area contributed by atoms with E-state index in [9.17, 15) is 14.4 Å². The van der Waals surface area contributed by atoms with Gasteiger partial charge < -0.3 is 0 Å². The van der Waals surface area contributed by atoms with Crippen molar-refractivity contribution in [2.24, 2.45) is 11.8 Å². The molecule has 6 rings (SSSR count). The van der Waals surface area contributed by atoms with Crippen molar-refractivity contribution in [2.75, 3.05) is 4.90 Å². The number of Topliss-reactive ketones (excluding diaryl/α,β-unsaturated/α-hetero) is 1. The van der Waals surface area contributed by atoms with E-state index in [0.717, 1.165) is 11.1 Å². The summed E-state index contributed by atoms with van der Waals surface area (Å²) in [4.78, 5) is 40.0. The van der Waals surface area contributed by atoms with Crippen molar-refractivity contribution >= 4 is 23.3 Å². The highest BCUT2D eigenvalue weighted by Crippen LogP contribution is 2.57. The summed E-state index contributed by atoms with van der Waals surface area (Å²) in [6, 6.07) is 16.8. The molecule has 4 aliphatic rings. The van der Waals surface area contributed by atoms with Gasteiger partial charge in [0.25, 0.3) is 0 Å². The molecular weight excluding hydrogens is 302 g/mol. The molecule has 4 heteroatoms. The Balaban J connectivity index is 1.68. The van der Waals surface area contributed by atoms with Gasteiger partial charge in [0.2, 0.25) is 11.8 Å². The van der Waals surface area contributed by atoms with Crippen LogP contribution in [0.15, 0.2) is 54.6 Å². The Bertz CT molecular complexity index is 889. The first-order valence-corrected chi connectivity index (χ1v) is 8.23. The Morgan fingerprint density at radius 2 is 1.38 bits per heavy atom. The van der Waals surface area contributed by atoms with E-state index >= 15 is 0 Å². The van der Waals surface area contributed by atoms with Gasteiger partial charge in [-0.25, -0.2) is 0 Å². The Hall–Kier alpha value is -2.75. The van der Waals surface area contributed by atoms with Crippen LogP contribution < -0.4 is 4.90 Å². The number of carbonyl (C=O) groups excluding carboxylic acids is 3. The van der Waals surface area contributed by atoms with Crippen LogP contribution >= 0.6 is 0 Å². The van der Waals surface area contributed by atoms with Crippen LogP contribution in [0.25, 0.3) is 0 Å². The molecule has 2 bridgehead atoms. The van der Waals surface area contributed by atoms with Crippen molar-refractivity contribution in [1.29, 1.82) is 0 Å². The molecule has 2 amide bonds. The smallest absolute Gasteiger partial charge is 0.238 e. The molecule has 2 aromatic carbocycles. The van der Waals surface area contributed by atoms with E-state index in [0.29, 0.717) is 12.1 Å². The van der Waals surface area contributed by atoms with Crippen LogP contribution in [0.1, 0.15) is 29.4 Å². The second kappa shape index (κ2) is 4.63. The molecule has 1 saturated carbocycles. The molecule has 1 heterocycles. The number of anilines is 1. The molecule has 4 nitrogen and oxygen atoms in total. The third-order valence-corrected chi connectivity index (χ3v) is 5.70. The van der Waals surface area contributed by atoms with Gasteiger partial charge in [-0.2, -0.15) is 0 Å². The van der Waals surface area contributed by atoms with Gasteiger partial charge in [-0.15, -0.1) is 0 Å². The second-order valence-electron chi connectivity index (χ2n) is 6.78. The number of fused-ring (bicyclic) bond motifs is 1. The highest BCUT2D eigenvalue weighted by molar-refractivity contribution is 6.24. The monoisotopic (exact) mass is 317 g/mol. The zero-order valence-electron chi connectivity index (χ0n) is 12.9. The van der Waals surface area contributed by atoms with Gasteiger partial charge in [-0.3, -0.25) is 19.3 Å². The molecule has 0 N–H and O–H groups in total. The molecule has 4 atom stereocenters. The number of carbonyl (C=O) groups is 3. The highest BCUT2D eigenvalue weighted by Gasteiger charge is 2.62. The van der Waals surface area contributed by atoms with Crippen LogP contribution in [0.2, 0.25) is 0 Å². The summed E-state index contributed by atoms with van der Waals surface area (Å²) in [5.74, 6) is -1.89. The largest absolute Gasteiger partial charge is 0.299 e. The summed E-state index contributed by atoms with van der Waals surface area (Å²) < 4.78 is 0. The lowest BCUT2D eigenvalue weighted by Gasteiger charge is -2.43. The van der Waals surface area contributed by atoms with Gasteiger partial charge >= 0.3 is 0 Å². The molecule has 0 aromatic heterocycles. The fourth-order valence-electron chi connectivity index (χ4n) is 4.79. The SMILES string of the molecule is O=C1CC2c3ccccc3C1C1C(=O)N(c3ccccc3)C(=O)C21. The molecule has 3 aliphatic carbocycles. The molecule has 2 aromatic rings. The van der Waals surface area contributed by atoms with E-state index < -0.39 is 17.8 Å². The zero-order chi connectivity index (χ0) is 16.4. The van der Waals surface area contributed by atoms with Crippen molar-refractivity contribution < 1.29 is 14.4 Å². The van der Waals surface area contributed by atoms with Crippen molar-refractivity contribution in [3.05, 3.63) is 65.7 Å². The first kappa shape index (κ1) is 13.7. The van der Waals surface area contributed by atoms with Gasteiger partial charge in [-0.1, -0.05) is 42.5 Å². The minimum atomic E-state index is -0.543. The van der Waals surface area contributed by atoms with E-state index in [1.165, 1.54) is 4.90 Å². The maximum atomic E-state index is 13.1. The fraction of sp³-hybridized carbons (Fsp3) is 0.250. The van der Waals surface area contributed by atoms with E-state index in [1.54, 1.807) is 12.1 Å². The summed E-state index contributed by atoms with van der Waals surface area (Å²) in [6.07, 6.45) is 0.366. The van der Waals surface area contributed by atoms with E-state index in [2.05, 4.69) is 0 Å². The standard InChI is InChI=1S/C20H15NO3/c22-15-10-14-12-8-4-5-9-13(12)16(15)18-17(14)19(23)21(20(18)24)11-6-2-1-3-7-11/h1-9,14,16-18H,10H2. The van der Waals surface area contributed by atoms with Gasteiger partial charge in [-0.05, 0) is 23.3 Å². The summed E-state index contributed by atoms with van der Waals surface area (Å²) in [5, 5.41) is 0. The van der Waals surface area contributed by atoms with Gasteiger partial charge in [0, 0.05) is 12.3 Å². The number of imide groups is 1. The number of rotatable bonds is 1. The topological polar surface area (TPSA) is 54.5 Å². The number of nitrogens with zero attached hydrogens (tertiary/aromatic N) is 1. The molecule has 1 saturated heterocycles. The minimum Gasteiger partial charge on any atom is -0.299 e. The number of amides is 2. The van der Waals surface area contributed by atoms with Crippen molar-refractivity contribution in [2.45, 2.75) is 18.3 Å². The molecule has 4 unspecified atom stereocenters. The van der Waals surface area contributed by atoms with Gasteiger partial charge in [0.15, 0.2) is 0 Å². The lowest BCUT2D eigenvalue weighted by Crippen LogP contribution is -2.44. The Kier molecular flexibility index (Phi) is 2.64. The third kappa shape index (κ3) is 1.55. The number of hydrogen-bond acceptors (Lipinski definition) is 3. The lowest BCUT2D eigenvalue weighted by molar-refractivity contribution is -0.134. The first-order valence-electron chi connectivity index (χ1n) is 8.23. The number of benzene rings is 2. The average Bonchev–Trinajstić information content (AvgIpc) is 2.88. The van der Waals surface area contributed by atoms with E-state index in [-0.39, 0.29) is 23.5 Å². The summed E-state index contributed by atoms with van der Waals surface area (Å²) in [5.41, 5.74) is 2.60. The molecule has 118 valence electrons. The first-order chi connectivity index (χ1) is 11.7. The van der Waals surface area contributed by atoms with Crippen molar-refractivity contribution in [3.63, 3.8) is 0 Å². The van der Waals surface area contributed by atoms with Crippen molar-refractivity contribution in [1.82, 2.24) is 0 Å². The van der Waals surface area contributed by atoms with Crippen LogP contribution in [0, 0.1) is 11.8 Å². The second-order valence-corrected chi connectivity index (χ2v) is 6.78. The van der Waals surface area contributed by atoms with Crippen LogP contribution in [0.3, 0.4) is 0 Å². The van der Waals surface area contributed by atoms with Crippen molar-refractivity contribution in [3.8, 4) is 0 Å². The van der Waals surface area contributed by atoms with Gasteiger partial charge in [0.1, 0.15) is 5.78 Å². The summed E-state index contributed by atoms with van der Waals surface area (Å²) in [6.45, 7) is 0. The quantitative estimate of drug-likeness (QED) is 0.760. The van der Waals surface area contributed by atoms with E-state index in [4.69, 9.17) is 0 Å². The van der Waals surface area contributed by atoms with Crippen LogP contribution in [-0.4, -0.2) is 17.6 Å². The predicted molar refractivity (Wildman–Crippen MR) is 87.5 cm³/mol. The molecule has 24 heavy (non-hydrogen) atoms. The summed E-state index contributed by atoms with van der Waals surface area (Å²) >= 11 is 0. The molecule has 1 aliphatic heterocycles. The van der Waals surface area contributed by atoms with E-state index in [1.807, 2.05) is 42.5 Å². The van der Waals surface area contributed by atoms with Gasteiger partial charge in [0.05, 0.1) is 23.4 Å². The molecule has 0 spiro atoms. The molecular formula is C20H15NO3. The minimum absolute atomic E-state index is 0.0935. The number of ketones is 1. The lowest BCUT2D eigenvalue weighted by atomic mass is 9.56. The number of hydrogen-bond donors (Lipinski definition) is 0. The number of para-hydroxylation sites is 1. The zero-order valence-corrected chi connectivity index (χ0v) is 12.9. The Labute approximate surface area is 139 Å². The maximum Gasteiger partial charge on any atom is 0.238 e. The normalized spacial score (nSPS) is 30.5. The molecule has 0 radical (unpaired) electrons. The molecule has 2 fully saturated rings. The Morgan fingerprint density at radius 1 is 0.750 bits per heavy atom. The highest BCUT2D eigenvalue weighted by atomic mass is 16.2. The van der Waals surface area contributed by atoms with Crippen LogP contribution in [-0.2, 0) is 14.4 Å².